The lowest BCUT2D eigenvalue weighted by molar-refractivity contribution is -0.126. The maximum absolute atomic E-state index is 11.9. The van der Waals surface area contributed by atoms with Crippen molar-refractivity contribution in [3.8, 4) is 0 Å². The number of nitrogens with zero attached hydrogens (tertiary/aromatic N) is 3. The normalized spacial score (nSPS) is 10.8. The van der Waals surface area contributed by atoms with Gasteiger partial charge < -0.3 is 10.2 Å². The van der Waals surface area contributed by atoms with E-state index in [1.807, 2.05) is 0 Å². The Morgan fingerprint density at radius 1 is 1.28 bits per heavy atom. The lowest BCUT2D eigenvalue weighted by Crippen LogP contribution is -2.33. The number of halogens is 1. The van der Waals surface area contributed by atoms with Crippen LogP contribution in [0.15, 0.2) is 47.4 Å². The van der Waals surface area contributed by atoms with Gasteiger partial charge in [0, 0.05) is 22.2 Å². The Morgan fingerprint density at radius 3 is 2.88 bits per heavy atom. The number of hydrogen-bond donors (Lipinski definition) is 1. The number of hydrogen-bond acceptors (Lipinski definition) is 5. The van der Waals surface area contributed by atoms with E-state index in [-0.39, 0.29) is 12.5 Å². The topological polar surface area (TPSA) is 69.0 Å². The van der Waals surface area contributed by atoms with Crippen molar-refractivity contribution >= 4 is 40.3 Å². The highest BCUT2D eigenvalue weighted by Gasteiger charge is 2.08. The fraction of sp³-hybridized carbons (Fsp3) is 0.235. The highest BCUT2D eigenvalue weighted by molar-refractivity contribution is 7.99. The van der Waals surface area contributed by atoms with E-state index in [4.69, 9.17) is 16.4 Å². The molecule has 25 heavy (non-hydrogen) atoms. The number of thioether (sulfide) groups is 1. The molecule has 1 N–H and O–H groups in total. The number of carbonyl (C=O) groups excluding carboxylic acids is 1. The second-order valence-corrected chi connectivity index (χ2v) is 6.99. The van der Waals surface area contributed by atoms with Gasteiger partial charge in [-0.25, -0.2) is 0 Å². The second kappa shape index (κ2) is 8.22. The molecule has 6 nitrogen and oxygen atoms in total. The van der Waals surface area contributed by atoms with Crippen molar-refractivity contribution in [3.63, 3.8) is 0 Å². The standard InChI is InChI=1S/C17H17ClN4O2S/c1-12-2-5-14(6-3-12)25-9-8-19-17(23)11-24-22-16-10-13(18)4-7-15(16)20-21-22/h2-7,10H,8-9,11H2,1H3,(H,19,23). The second-order valence-electron chi connectivity index (χ2n) is 5.38. The predicted octanol–water partition coefficient (Wildman–Crippen LogP) is 2.73. The molecule has 0 bridgehead atoms. The molecular weight excluding hydrogens is 360 g/mol. The predicted molar refractivity (Wildman–Crippen MR) is 98.9 cm³/mol. The number of aryl methyl sites for hydroxylation is 1. The minimum Gasteiger partial charge on any atom is -0.385 e. The molecule has 3 rings (SSSR count). The van der Waals surface area contributed by atoms with E-state index in [1.165, 1.54) is 15.3 Å². The van der Waals surface area contributed by atoms with Crippen LogP contribution in [0.25, 0.3) is 11.0 Å². The Bertz CT molecular complexity index is 867. The summed E-state index contributed by atoms with van der Waals surface area (Å²) < 4.78 is 0. The van der Waals surface area contributed by atoms with Crippen molar-refractivity contribution in [2.45, 2.75) is 11.8 Å². The summed E-state index contributed by atoms with van der Waals surface area (Å²) in [6.07, 6.45) is 0. The van der Waals surface area contributed by atoms with Gasteiger partial charge in [-0.15, -0.1) is 16.9 Å². The molecule has 0 aliphatic rings. The van der Waals surface area contributed by atoms with Gasteiger partial charge in [-0.1, -0.05) is 34.1 Å². The summed E-state index contributed by atoms with van der Waals surface area (Å²) in [5.74, 6) is 0.576. The first kappa shape index (κ1) is 17.6. The van der Waals surface area contributed by atoms with Crippen molar-refractivity contribution < 1.29 is 9.63 Å². The van der Waals surface area contributed by atoms with Crippen LogP contribution < -0.4 is 10.2 Å². The van der Waals surface area contributed by atoms with Crippen LogP contribution in [0.4, 0.5) is 0 Å². The largest absolute Gasteiger partial charge is 0.385 e. The smallest absolute Gasteiger partial charge is 0.260 e. The molecule has 0 saturated carbocycles. The van der Waals surface area contributed by atoms with Crippen LogP contribution >= 0.6 is 23.4 Å². The molecule has 0 fully saturated rings. The molecular formula is C17H17ClN4O2S. The van der Waals surface area contributed by atoms with Gasteiger partial charge in [-0.3, -0.25) is 4.79 Å². The molecule has 0 aliphatic carbocycles. The van der Waals surface area contributed by atoms with Crippen molar-refractivity contribution in [2.24, 2.45) is 0 Å². The summed E-state index contributed by atoms with van der Waals surface area (Å²) >= 11 is 7.64. The number of rotatable bonds is 7. The lowest BCUT2D eigenvalue weighted by Gasteiger charge is -2.07. The molecule has 0 spiro atoms. The first-order valence-corrected chi connectivity index (χ1v) is 9.08. The SMILES string of the molecule is Cc1ccc(SCCNC(=O)COn2nnc3ccc(Cl)cc32)cc1. The van der Waals surface area contributed by atoms with E-state index in [2.05, 4.69) is 46.8 Å². The van der Waals surface area contributed by atoms with Crippen molar-refractivity contribution in [3.05, 3.63) is 53.1 Å². The molecule has 3 aromatic rings. The average Bonchev–Trinajstić information content (AvgIpc) is 3.00. The zero-order valence-electron chi connectivity index (χ0n) is 13.6. The zero-order chi connectivity index (χ0) is 17.6. The highest BCUT2D eigenvalue weighted by atomic mass is 35.5. The van der Waals surface area contributed by atoms with Crippen LogP contribution in [0, 0.1) is 6.92 Å². The Kier molecular flexibility index (Phi) is 5.78. The third kappa shape index (κ3) is 4.87. The number of aromatic nitrogens is 3. The summed E-state index contributed by atoms with van der Waals surface area (Å²) in [6.45, 7) is 2.48. The minimum absolute atomic E-state index is 0.139. The molecule has 0 unspecified atom stereocenters. The third-order valence-corrected chi connectivity index (χ3v) is 4.66. The van der Waals surface area contributed by atoms with Crippen LogP contribution in [0.5, 0.6) is 0 Å². The van der Waals surface area contributed by atoms with Gasteiger partial charge in [-0.2, -0.15) is 0 Å². The quantitative estimate of drug-likeness (QED) is 0.507. The van der Waals surface area contributed by atoms with E-state index in [9.17, 15) is 4.79 Å². The molecule has 1 aromatic heterocycles. The van der Waals surface area contributed by atoms with Gasteiger partial charge >= 0.3 is 0 Å². The summed E-state index contributed by atoms with van der Waals surface area (Å²) in [5, 5.41) is 11.2. The van der Waals surface area contributed by atoms with Crippen molar-refractivity contribution in [1.82, 2.24) is 20.5 Å². The molecule has 0 radical (unpaired) electrons. The molecule has 8 heteroatoms. The van der Waals surface area contributed by atoms with Gasteiger partial charge in [0.2, 0.25) is 0 Å². The summed E-state index contributed by atoms with van der Waals surface area (Å²) in [4.78, 5) is 19.6. The van der Waals surface area contributed by atoms with Crippen LogP contribution in [-0.4, -0.2) is 40.0 Å². The van der Waals surface area contributed by atoms with Gasteiger partial charge in [0.15, 0.2) is 6.61 Å². The number of amides is 1. The molecule has 0 aliphatic heterocycles. The van der Waals surface area contributed by atoms with Crippen molar-refractivity contribution in [1.29, 1.82) is 0 Å². The molecule has 1 heterocycles. The highest BCUT2D eigenvalue weighted by Crippen LogP contribution is 2.17. The van der Waals surface area contributed by atoms with Crippen LogP contribution in [0.3, 0.4) is 0 Å². The first-order valence-electron chi connectivity index (χ1n) is 7.72. The Hall–Kier alpha value is -2.25. The van der Waals surface area contributed by atoms with Gasteiger partial charge in [-0.05, 0) is 42.5 Å². The third-order valence-electron chi connectivity index (χ3n) is 3.41. The molecule has 130 valence electrons. The maximum atomic E-state index is 11.9. The van der Waals surface area contributed by atoms with Crippen LogP contribution in [0.2, 0.25) is 5.02 Å². The van der Waals surface area contributed by atoms with E-state index >= 15 is 0 Å². The minimum atomic E-state index is -0.213. The summed E-state index contributed by atoms with van der Waals surface area (Å²) in [7, 11) is 0. The summed E-state index contributed by atoms with van der Waals surface area (Å²) in [5.41, 5.74) is 2.51. The Balaban J connectivity index is 1.41. The number of carbonyl (C=O) groups is 1. The molecule has 0 atom stereocenters. The molecule has 1 amide bonds. The van der Waals surface area contributed by atoms with Gasteiger partial charge in [0.25, 0.3) is 5.91 Å². The first-order chi connectivity index (χ1) is 12.1. The van der Waals surface area contributed by atoms with Gasteiger partial charge in [0.05, 0.1) is 0 Å². The number of fused-ring (bicyclic) bond motifs is 1. The number of benzene rings is 2. The Labute approximate surface area is 154 Å². The lowest BCUT2D eigenvalue weighted by atomic mass is 10.2. The van der Waals surface area contributed by atoms with E-state index < -0.39 is 0 Å². The van der Waals surface area contributed by atoms with E-state index in [0.717, 1.165) is 5.75 Å². The number of nitrogens with one attached hydrogen (secondary N) is 1. The van der Waals surface area contributed by atoms with Crippen LogP contribution in [-0.2, 0) is 4.79 Å². The maximum Gasteiger partial charge on any atom is 0.260 e. The van der Waals surface area contributed by atoms with Crippen molar-refractivity contribution in [2.75, 3.05) is 18.9 Å². The fourth-order valence-electron chi connectivity index (χ4n) is 2.13. The van der Waals surface area contributed by atoms with E-state index in [1.54, 1.807) is 30.0 Å². The average molecular weight is 377 g/mol. The monoisotopic (exact) mass is 376 g/mol. The van der Waals surface area contributed by atoms with Crippen LogP contribution in [0.1, 0.15) is 5.56 Å². The molecule has 2 aromatic carbocycles. The summed E-state index contributed by atoms with van der Waals surface area (Å²) in [6, 6.07) is 13.5. The fourth-order valence-corrected chi connectivity index (χ4v) is 3.07. The van der Waals surface area contributed by atoms with Gasteiger partial charge in [0.1, 0.15) is 11.0 Å². The molecule has 0 saturated heterocycles. The van der Waals surface area contributed by atoms with E-state index in [0.29, 0.717) is 22.6 Å². The Morgan fingerprint density at radius 2 is 2.08 bits per heavy atom. The zero-order valence-corrected chi connectivity index (χ0v) is 15.2.